The topological polar surface area (TPSA) is 105 Å². The Kier molecular flexibility index (Phi) is 6.85. The van der Waals surface area contributed by atoms with Crippen LogP contribution in [0.15, 0.2) is 78.1 Å². The van der Waals surface area contributed by atoms with Gasteiger partial charge >= 0.3 is 0 Å². The predicted octanol–water partition coefficient (Wildman–Crippen LogP) is 2.31. The monoisotopic (exact) mass is 467 g/mol. The maximum Gasteiger partial charge on any atom is 0.263 e. The molecule has 0 radical (unpaired) electrons. The van der Waals surface area contributed by atoms with Crippen molar-refractivity contribution in [2.75, 3.05) is 42.9 Å². The van der Waals surface area contributed by atoms with Crippen molar-refractivity contribution in [2.24, 2.45) is 0 Å². The van der Waals surface area contributed by atoms with Crippen molar-refractivity contribution in [3.63, 3.8) is 0 Å². The van der Waals surface area contributed by atoms with E-state index >= 15 is 0 Å². The number of ether oxygens (including phenoxy) is 1. The summed E-state index contributed by atoms with van der Waals surface area (Å²) in [6, 6.07) is 17.6. The molecule has 10 heteroatoms. The van der Waals surface area contributed by atoms with E-state index in [4.69, 9.17) is 4.74 Å². The van der Waals surface area contributed by atoms with E-state index in [9.17, 15) is 13.2 Å². The first-order valence-electron chi connectivity index (χ1n) is 10.5. The third kappa shape index (κ3) is 5.29. The highest BCUT2D eigenvalue weighted by Gasteiger charge is 2.28. The Morgan fingerprint density at radius 1 is 1.00 bits per heavy atom. The smallest absolute Gasteiger partial charge is 0.263 e. The zero-order chi connectivity index (χ0) is 23.3. The van der Waals surface area contributed by atoms with Gasteiger partial charge in [-0.15, -0.1) is 0 Å². The van der Waals surface area contributed by atoms with Crippen LogP contribution in [0.1, 0.15) is 11.7 Å². The van der Waals surface area contributed by atoms with Crippen molar-refractivity contribution in [1.82, 2.24) is 14.9 Å². The molecule has 9 nitrogen and oxygen atoms in total. The van der Waals surface area contributed by atoms with Crippen LogP contribution in [-0.4, -0.2) is 62.5 Å². The van der Waals surface area contributed by atoms with Crippen molar-refractivity contribution in [2.45, 2.75) is 11.0 Å². The summed E-state index contributed by atoms with van der Waals surface area (Å²) >= 11 is 0. The largest absolute Gasteiger partial charge is 0.368 e. The Bertz CT molecular complexity index is 1170. The number of benzene rings is 2. The van der Waals surface area contributed by atoms with Gasteiger partial charge in [0.25, 0.3) is 15.9 Å². The van der Waals surface area contributed by atoms with E-state index in [1.165, 1.54) is 18.6 Å². The second kappa shape index (κ2) is 9.97. The molecule has 1 saturated heterocycles. The molecule has 2 aromatic carbocycles. The molecule has 2 heterocycles. The van der Waals surface area contributed by atoms with Gasteiger partial charge in [0.1, 0.15) is 12.1 Å². The first kappa shape index (κ1) is 22.7. The number of hydrogen-bond donors (Lipinski definition) is 1. The van der Waals surface area contributed by atoms with E-state index < -0.39 is 16.1 Å². The molecule has 172 valence electrons. The summed E-state index contributed by atoms with van der Waals surface area (Å²) in [7, 11) is -2.20. The third-order valence-electron chi connectivity index (χ3n) is 5.49. The molecule has 0 bridgehead atoms. The molecular weight excluding hydrogens is 442 g/mol. The molecule has 1 N–H and O–H groups in total. The minimum absolute atomic E-state index is 0.0550. The van der Waals surface area contributed by atoms with Gasteiger partial charge in [-0.3, -0.25) is 9.52 Å². The Morgan fingerprint density at radius 2 is 1.70 bits per heavy atom. The molecule has 1 unspecified atom stereocenters. The fourth-order valence-electron chi connectivity index (χ4n) is 3.74. The lowest BCUT2D eigenvalue weighted by Gasteiger charge is -2.37. The second-order valence-electron chi connectivity index (χ2n) is 7.53. The number of nitrogens with zero attached hydrogens (tertiary/aromatic N) is 4. The molecule has 4 rings (SSSR count). The van der Waals surface area contributed by atoms with Crippen LogP contribution in [0.25, 0.3) is 0 Å². The summed E-state index contributed by atoms with van der Waals surface area (Å²) in [6.07, 6.45) is 2.12. The van der Waals surface area contributed by atoms with E-state index in [0.29, 0.717) is 26.2 Å². The maximum absolute atomic E-state index is 13.0. The number of nitrogens with one attached hydrogen (secondary N) is 1. The molecule has 3 aromatic rings. The number of sulfonamides is 1. The molecule has 0 spiro atoms. The number of aromatic nitrogens is 2. The molecule has 0 saturated carbocycles. The van der Waals surface area contributed by atoms with Crippen molar-refractivity contribution in [3.8, 4) is 0 Å². The van der Waals surface area contributed by atoms with Gasteiger partial charge in [-0.05, 0) is 35.9 Å². The van der Waals surface area contributed by atoms with Gasteiger partial charge in [0.05, 0.1) is 4.90 Å². The molecule has 1 atom stereocenters. The molecule has 1 aliphatic heterocycles. The van der Waals surface area contributed by atoms with Gasteiger partial charge in [-0.25, -0.2) is 18.4 Å². The van der Waals surface area contributed by atoms with Gasteiger partial charge in [-0.2, -0.15) is 0 Å². The van der Waals surface area contributed by atoms with E-state index in [2.05, 4.69) is 19.6 Å². The van der Waals surface area contributed by atoms with Gasteiger partial charge < -0.3 is 14.5 Å². The van der Waals surface area contributed by atoms with Gasteiger partial charge in [-0.1, -0.05) is 30.3 Å². The minimum Gasteiger partial charge on any atom is -0.368 e. The Hall–Kier alpha value is -3.50. The highest BCUT2D eigenvalue weighted by Crippen LogP contribution is 2.23. The van der Waals surface area contributed by atoms with Gasteiger partial charge in [0.2, 0.25) is 0 Å². The van der Waals surface area contributed by atoms with E-state index in [0.717, 1.165) is 11.3 Å². The molecule has 1 fully saturated rings. The average Bonchev–Trinajstić information content (AvgIpc) is 2.86. The van der Waals surface area contributed by atoms with Crippen LogP contribution in [0, 0.1) is 0 Å². The molecule has 1 amide bonds. The Morgan fingerprint density at radius 3 is 2.30 bits per heavy atom. The number of methoxy groups -OCH3 is 1. The van der Waals surface area contributed by atoms with Crippen LogP contribution in [0.3, 0.4) is 0 Å². The number of rotatable bonds is 7. The van der Waals surface area contributed by atoms with Gasteiger partial charge in [0, 0.05) is 45.2 Å². The predicted molar refractivity (Wildman–Crippen MR) is 124 cm³/mol. The van der Waals surface area contributed by atoms with Crippen molar-refractivity contribution < 1.29 is 17.9 Å². The lowest BCUT2D eigenvalue weighted by molar-refractivity contribution is -0.142. The van der Waals surface area contributed by atoms with Crippen LogP contribution < -0.4 is 9.62 Å². The molecule has 1 aliphatic rings. The Balaban J connectivity index is 1.37. The Labute approximate surface area is 193 Å². The second-order valence-corrected chi connectivity index (χ2v) is 9.22. The summed E-state index contributed by atoms with van der Waals surface area (Å²) in [4.78, 5) is 24.7. The third-order valence-corrected chi connectivity index (χ3v) is 6.86. The highest BCUT2D eigenvalue weighted by atomic mass is 32.2. The van der Waals surface area contributed by atoms with Crippen molar-refractivity contribution in [1.29, 1.82) is 0 Å². The highest BCUT2D eigenvalue weighted by molar-refractivity contribution is 7.92. The minimum atomic E-state index is -3.75. The molecule has 1 aromatic heterocycles. The van der Waals surface area contributed by atoms with E-state index in [-0.39, 0.29) is 16.6 Å². The fraction of sp³-hybridized carbons (Fsp3) is 0.261. The average molecular weight is 468 g/mol. The first-order chi connectivity index (χ1) is 16.0. The van der Waals surface area contributed by atoms with Crippen molar-refractivity contribution in [3.05, 3.63) is 78.8 Å². The standard InChI is InChI=1S/C23H25N5O4S/c1-32-22(18-5-3-2-4-6-18)23(29)28-15-13-27(14-16-28)19-7-9-20(10-8-19)33(30,31)26-21-11-12-24-17-25-21/h2-12,17,22H,13-16H2,1H3,(H,24,25,26). The van der Waals surface area contributed by atoms with Crippen LogP contribution in [-0.2, 0) is 19.6 Å². The molecule has 33 heavy (non-hydrogen) atoms. The lowest BCUT2D eigenvalue weighted by Crippen LogP contribution is -2.50. The first-order valence-corrected chi connectivity index (χ1v) is 12.0. The summed E-state index contributed by atoms with van der Waals surface area (Å²) < 4.78 is 33.1. The zero-order valence-corrected chi connectivity index (χ0v) is 19.0. The number of carbonyl (C=O) groups excluding carboxylic acids is 1. The number of carbonyl (C=O) groups is 1. The molecule has 0 aliphatic carbocycles. The fourth-order valence-corrected chi connectivity index (χ4v) is 4.75. The van der Waals surface area contributed by atoms with E-state index in [1.807, 2.05) is 35.2 Å². The lowest BCUT2D eigenvalue weighted by atomic mass is 10.1. The zero-order valence-electron chi connectivity index (χ0n) is 18.2. The normalized spacial score (nSPS) is 15.2. The number of hydrogen-bond acceptors (Lipinski definition) is 7. The maximum atomic E-state index is 13.0. The van der Waals surface area contributed by atoms with Gasteiger partial charge in [0.15, 0.2) is 6.10 Å². The van der Waals surface area contributed by atoms with Crippen LogP contribution in [0.4, 0.5) is 11.5 Å². The van der Waals surface area contributed by atoms with E-state index in [1.54, 1.807) is 31.4 Å². The SMILES string of the molecule is COC(C(=O)N1CCN(c2ccc(S(=O)(=O)Nc3ccncn3)cc2)CC1)c1ccccc1. The van der Waals surface area contributed by atoms with Crippen LogP contribution >= 0.6 is 0 Å². The van der Waals surface area contributed by atoms with Crippen LogP contribution in [0.2, 0.25) is 0 Å². The number of piperazine rings is 1. The summed E-state index contributed by atoms with van der Waals surface area (Å²) in [5, 5.41) is 0. The molecular formula is C23H25N5O4S. The quantitative estimate of drug-likeness (QED) is 0.569. The number of amides is 1. The summed E-state index contributed by atoms with van der Waals surface area (Å²) in [5.41, 5.74) is 1.73. The van der Waals surface area contributed by atoms with Crippen LogP contribution in [0.5, 0.6) is 0 Å². The summed E-state index contributed by atoms with van der Waals surface area (Å²) in [6.45, 7) is 2.40. The summed E-state index contributed by atoms with van der Waals surface area (Å²) in [5.74, 6) is 0.153. The van der Waals surface area contributed by atoms with Crippen molar-refractivity contribution >= 4 is 27.4 Å². The number of anilines is 2.